The van der Waals surface area contributed by atoms with Gasteiger partial charge in [-0.05, 0) is 48.9 Å². The van der Waals surface area contributed by atoms with Crippen molar-refractivity contribution < 1.29 is 18.0 Å². The van der Waals surface area contributed by atoms with Crippen LogP contribution in [0.3, 0.4) is 0 Å². The smallest absolute Gasteiger partial charge is 0.244 e. The molecule has 0 saturated carbocycles. The van der Waals surface area contributed by atoms with Crippen LogP contribution in [0.25, 0.3) is 0 Å². The Balaban J connectivity index is 1.59. The van der Waals surface area contributed by atoms with Crippen molar-refractivity contribution in [2.24, 2.45) is 0 Å². The third kappa shape index (κ3) is 6.60. The molecule has 1 unspecified atom stereocenters. The minimum atomic E-state index is -3.93. The molecule has 1 aromatic heterocycles. The molecule has 0 fully saturated rings. The van der Waals surface area contributed by atoms with Gasteiger partial charge in [0.1, 0.15) is 0 Å². The molecule has 11 heteroatoms. The van der Waals surface area contributed by atoms with Crippen molar-refractivity contribution in [3.05, 3.63) is 70.2 Å². The third-order valence-electron chi connectivity index (χ3n) is 4.29. The Hall–Kier alpha value is -2.79. The number of sulfonamides is 1. The number of hydrogen-bond acceptors (Lipinski definition) is 6. The second kappa shape index (κ2) is 10.2. The number of nitrogens with zero attached hydrogens (tertiary/aromatic N) is 1. The fourth-order valence-corrected chi connectivity index (χ4v) is 4.92. The number of nitrogens with one attached hydrogen (secondary N) is 3. The third-order valence-corrected chi connectivity index (χ3v) is 7.01. The Morgan fingerprint density at radius 2 is 1.72 bits per heavy atom. The molecule has 3 aromatic rings. The van der Waals surface area contributed by atoms with E-state index in [0.29, 0.717) is 22.3 Å². The van der Waals surface area contributed by atoms with Gasteiger partial charge in [0.2, 0.25) is 21.8 Å². The van der Waals surface area contributed by atoms with Crippen LogP contribution in [-0.4, -0.2) is 31.3 Å². The molecule has 2 amide bonds. The zero-order valence-electron chi connectivity index (χ0n) is 17.3. The molecule has 168 valence electrons. The molecule has 32 heavy (non-hydrogen) atoms. The van der Waals surface area contributed by atoms with Gasteiger partial charge in [0, 0.05) is 35.1 Å². The number of rotatable bonds is 8. The summed E-state index contributed by atoms with van der Waals surface area (Å²) in [7, 11) is -3.93. The molecule has 1 heterocycles. The van der Waals surface area contributed by atoms with E-state index in [1.807, 2.05) is 24.3 Å². The van der Waals surface area contributed by atoms with Gasteiger partial charge in [-0.2, -0.15) is 4.72 Å². The Labute approximate surface area is 195 Å². The van der Waals surface area contributed by atoms with E-state index in [-0.39, 0.29) is 10.8 Å². The standard InChI is InChI=1S/C21H21ClN4O4S2/c1-13(26-32(29,30)19-9-7-17(8-10-19)24-14(2)27)20(28)25-21-23-12-18(31-21)11-15-3-5-16(22)6-4-15/h3-10,12-13,26H,11H2,1-2H3,(H,24,27)(H,23,25,28). The van der Waals surface area contributed by atoms with E-state index in [4.69, 9.17) is 11.6 Å². The second-order valence-electron chi connectivity index (χ2n) is 6.97. The van der Waals surface area contributed by atoms with Crippen LogP contribution >= 0.6 is 22.9 Å². The van der Waals surface area contributed by atoms with Crippen molar-refractivity contribution in [3.63, 3.8) is 0 Å². The van der Waals surface area contributed by atoms with E-state index in [9.17, 15) is 18.0 Å². The summed E-state index contributed by atoms with van der Waals surface area (Å²) in [6.45, 7) is 2.80. The van der Waals surface area contributed by atoms with Crippen molar-refractivity contribution in [1.29, 1.82) is 0 Å². The van der Waals surface area contributed by atoms with Crippen molar-refractivity contribution in [1.82, 2.24) is 9.71 Å². The first kappa shape index (κ1) is 23.9. The topological polar surface area (TPSA) is 117 Å². The van der Waals surface area contributed by atoms with Crippen LogP contribution in [0.2, 0.25) is 5.02 Å². The molecule has 0 radical (unpaired) electrons. The van der Waals surface area contributed by atoms with Gasteiger partial charge in [0.15, 0.2) is 5.13 Å². The number of benzene rings is 2. The maximum absolute atomic E-state index is 12.6. The number of halogens is 1. The molecule has 2 aromatic carbocycles. The van der Waals surface area contributed by atoms with Crippen molar-refractivity contribution >= 4 is 55.6 Å². The van der Waals surface area contributed by atoms with Crippen molar-refractivity contribution in [2.45, 2.75) is 31.2 Å². The van der Waals surface area contributed by atoms with E-state index in [0.717, 1.165) is 10.4 Å². The summed E-state index contributed by atoms with van der Waals surface area (Å²) in [6.07, 6.45) is 2.31. The van der Waals surface area contributed by atoms with Crippen LogP contribution in [0.1, 0.15) is 24.3 Å². The lowest BCUT2D eigenvalue weighted by Crippen LogP contribution is -2.41. The highest BCUT2D eigenvalue weighted by atomic mass is 35.5. The van der Waals surface area contributed by atoms with Crippen LogP contribution in [0.15, 0.2) is 59.6 Å². The van der Waals surface area contributed by atoms with Gasteiger partial charge in [0.05, 0.1) is 10.9 Å². The number of anilines is 2. The zero-order valence-corrected chi connectivity index (χ0v) is 19.6. The first-order valence-corrected chi connectivity index (χ1v) is 12.2. The molecule has 0 aliphatic heterocycles. The van der Waals surface area contributed by atoms with Crippen molar-refractivity contribution in [2.75, 3.05) is 10.6 Å². The van der Waals surface area contributed by atoms with Gasteiger partial charge in [-0.1, -0.05) is 23.7 Å². The summed E-state index contributed by atoms with van der Waals surface area (Å²) in [4.78, 5) is 28.7. The largest absolute Gasteiger partial charge is 0.326 e. The number of hydrogen-bond donors (Lipinski definition) is 3. The molecular weight excluding hydrogens is 472 g/mol. The number of aromatic nitrogens is 1. The normalized spacial score (nSPS) is 12.2. The number of carbonyl (C=O) groups is 2. The monoisotopic (exact) mass is 492 g/mol. The Morgan fingerprint density at radius 1 is 1.06 bits per heavy atom. The fraction of sp³-hybridized carbons (Fsp3) is 0.190. The predicted molar refractivity (Wildman–Crippen MR) is 126 cm³/mol. The summed E-state index contributed by atoms with van der Waals surface area (Å²) < 4.78 is 27.5. The van der Waals surface area contributed by atoms with Gasteiger partial charge < -0.3 is 10.6 Å². The van der Waals surface area contributed by atoms with Gasteiger partial charge in [-0.3, -0.25) is 9.59 Å². The van der Waals surface area contributed by atoms with E-state index in [1.54, 1.807) is 6.20 Å². The van der Waals surface area contributed by atoms with Crippen LogP contribution in [0.4, 0.5) is 10.8 Å². The lowest BCUT2D eigenvalue weighted by atomic mass is 10.1. The number of amides is 2. The lowest BCUT2D eigenvalue weighted by molar-refractivity contribution is -0.117. The highest BCUT2D eigenvalue weighted by molar-refractivity contribution is 7.89. The van der Waals surface area contributed by atoms with E-state index >= 15 is 0 Å². The molecule has 3 rings (SSSR count). The van der Waals surface area contributed by atoms with Crippen molar-refractivity contribution in [3.8, 4) is 0 Å². The summed E-state index contributed by atoms with van der Waals surface area (Å²) in [6, 6.07) is 12.1. The highest BCUT2D eigenvalue weighted by Gasteiger charge is 2.23. The minimum Gasteiger partial charge on any atom is -0.326 e. The summed E-state index contributed by atoms with van der Waals surface area (Å²) in [5.41, 5.74) is 1.53. The first-order valence-electron chi connectivity index (χ1n) is 9.52. The molecule has 0 spiro atoms. The van der Waals surface area contributed by atoms with Gasteiger partial charge in [-0.15, -0.1) is 11.3 Å². The average molecular weight is 493 g/mol. The lowest BCUT2D eigenvalue weighted by Gasteiger charge is -2.13. The summed E-state index contributed by atoms with van der Waals surface area (Å²) in [5, 5.41) is 6.23. The number of thiazole rings is 1. The zero-order chi connectivity index (χ0) is 23.3. The molecule has 1 atom stereocenters. The van der Waals surface area contributed by atoms with E-state index < -0.39 is 22.0 Å². The Bertz CT molecular complexity index is 1210. The van der Waals surface area contributed by atoms with Crippen LogP contribution in [-0.2, 0) is 26.0 Å². The molecule has 3 N–H and O–H groups in total. The molecule has 0 aliphatic carbocycles. The SMILES string of the molecule is CC(=O)Nc1ccc(S(=O)(=O)NC(C)C(=O)Nc2ncc(Cc3ccc(Cl)cc3)s2)cc1. The maximum atomic E-state index is 12.6. The summed E-state index contributed by atoms with van der Waals surface area (Å²) >= 11 is 7.21. The average Bonchev–Trinajstić information content (AvgIpc) is 3.16. The van der Waals surface area contributed by atoms with Gasteiger partial charge in [0.25, 0.3) is 0 Å². The molecule has 0 aliphatic rings. The molecule has 0 saturated heterocycles. The summed E-state index contributed by atoms with van der Waals surface area (Å²) in [5.74, 6) is -0.793. The van der Waals surface area contributed by atoms with Crippen LogP contribution in [0, 0.1) is 0 Å². The second-order valence-corrected chi connectivity index (χ2v) is 10.2. The van der Waals surface area contributed by atoms with Crippen LogP contribution in [0.5, 0.6) is 0 Å². The Kier molecular flexibility index (Phi) is 7.62. The first-order chi connectivity index (χ1) is 15.1. The quantitative estimate of drug-likeness (QED) is 0.443. The minimum absolute atomic E-state index is 0.0225. The Morgan fingerprint density at radius 3 is 2.34 bits per heavy atom. The number of carbonyl (C=O) groups excluding carboxylic acids is 2. The van der Waals surface area contributed by atoms with E-state index in [1.165, 1.54) is 49.4 Å². The molecular formula is C21H21ClN4O4S2. The molecule has 0 bridgehead atoms. The predicted octanol–water partition coefficient (Wildman–Crippen LogP) is 3.65. The van der Waals surface area contributed by atoms with E-state index in [2.05, 4.69) is 20.3 Å². The maximum Gasteiger partial charge on any atom is 0.244 e. The fourth-order valence-electron chi connectivity index (χ4n) is 2.74. The van der Waals surface area contributed by atoms with Gasteiger partial charge >= 0.3 is 0 Å². The highest BCUT2D eigenvalue weighted by Crippen LogP contribution is 2.22. The van der Waals surface area contributed by atoms with Gasteiger partial charge in [-0.25, -0.2) is 13.4 Å². The molecule has 8 nitrogen and oxygen atoms in total. The van der Waals surface area contributed by atoms with Crippen LogP contribution < -0.4 is 15.4 Å².